The third kappa shape index (κ3) is 3.53. The zero-order valence-corrected chi connectivity index (χ0v) is 16.1. The highest BCUT2D eigenvalue weighted by Crippen LogP contribution is 2.40. The summed E-state index contributed by atoms with van der Waals surface area (Å²) in [6, 6.07) is 7.84. The van der Waals surface area contributed by atoms with Crippen molar-refractivity contribution in [3.63, 3.8) is 0 Å². The molecule has 1 saturated carbocycles. The zero-order valence-electron chi connectivity index (χ0n) is 15.2. The molecule has 1 N–H and O–H groups in total. The van der Waals surface area contributed by atoms with E-state index in [1.165, 1.54) is 36.9 Å². The van der Waals surface area contributed by atoms with E-state index in [9.17, 15) is 10.4 Å². The van der Waals surface area contributed by atoms with Crippen LogP contribution in [0.5, 0.6) is 5.75 Å². The van der Waals surface area contributed by atoms with Crippen LogP contribution < -0.4 is 4.74 Å². The average Bonchev–Trinajstić information content (AvgIpc) is 3.13. The van der Waals surface area contributed by atoms with Gasteiger partial charge in [-0.15, -0.1) is 11.3 Å². The summed E-state index contributed by atoms with van der Waals surface area (Å²) in [5.74, 6) is 0.805. The summed E-state index contributed by atoms with van der Waals surface area (Å²) in [6.45, 7) is 1.96. The SMILES string of the molecule is Cc1cc(C#N)cc(-c2ncnc3cc(CO)sc23)c1OC1CCCCC1. The molecule has 2 aromatic heterocycles. The predicted molar refractivity (Wildman–Crippen MR) is 106 cm³/mol. The third-order valence-corrected chi connectivity index (χ3v) is 6.13. The molecule has 4 rings (SSSR count). The summed E-state index contributed by atoms with van der Waals surface area (Å²) in [6.07, 6.45) is 7.51. The molecule has 6 heteroatoms. The Hall–Kier alpha value is -2.49. The molecule has 27 heavy (non-hydrogen) atoms. The predicted octanol–water partition coefficient (Wildman–Crippen LogP) is 4.74. The van der Waals surface area contributed by atoms with Crippen molar-refractivity contribution >= 4 is 21.6 Å². The van der Waals surface area contributed by atoms with E-state index in [0.717, 1.165) is 50.5 Å². The second-order valence-corrected chi connectivity index (χ2v) is 8.10. The second kappa shape index (κ2) is 7.63. The maximum Gasteiger partial charge on any atom is 0.132 e. The molecule has 138 valence electrons. The Morgan fingerprint density at radius 2 is 2.04 bits per heavy atom. The first-order chi connectivity index (χ1) is 13.2. The molecule has 0 saturated heterocycles. The molecular formula is C21H21N3O2S. The van der Waals surface area contributed by atoms with Crippen molar-refractivity contribution in [2.75, 3.05) is 0 Å². The van der Waals surface area contributed by atoms with Crippen molar-refractivity contribution < 1.29 is 9.84 Å². The molecule has 1 fully saturated rings. The number of hydrogen-bond acceptors (Lipinski definition) is 6. The largest absolute Gasteiger partial charge is 0.489 e. The molecule has 0 radical (unpaired) electrons. The minimum absolute atomic E-state index is 0.0246. The van der Waals surface area contributed by atoms with E-state index in [4.69, 9.17) is 4.74 Å². The number of nitrogens with zero attached hydrogens (tertiary/aromatic N) is 3. The van der Waals surface area contributed by atoms with Crippen molar-refractivity contribution in [2.24, 2.45) is 0 Å². The van der Waals surface area contributed by atoms with Crippen molar-refractivity contribution in [1.29, 1.82) is 5.26 Å². The summed E-state index contributed by atoms with van der Waals surface area (Å²) in [5, 5.41) is 18.9. The number of fused-ring (bicyclic) bond motifs is 1. The van der Waals surface area contributed by atoms with Gasteiger partial charge in [0.25, 0.3) is 0 Å². The number of aliphatic hydroxyl groups is 1. The lowest BCUT2D eigenvalue weighted by Gasteiger charge is -2.25. The molecular weight excluding hydrogens is 358 g/mol. The second-order valence-electron chi connectivity index (χ2n) is 6.97. The number of thiophene rings is 1. The number of nitriles is 1. The van der Waals surface area contributed by atoms with Crippen LogP contribution in [-0.2, 0) is 6.61 Å². The van der Waals surface area contributed by atoms with Crippen LogP contribution in [-0.4, -0.2) is 21.2 Å². The van der Waals surface area contributed by atoms with E-state index in [1.54, 1.807) is 0 Å². The Labute approximate surface area is 162 Å². The van der Waals surface area contributed by atoms with Gasteiger partial charge in [-0.3, -0.25) is 0 Å². The molecule has 0 amide bonds. The van der Waals surface area contributed by atoms with Crippen LogP contribution in [0.25, 0.3) is 21.5 Å². The van der Waals surface area contributed by atoms with E-state index in [-0.39, 0.29) is 12.7 Å². The number of hydrogen-bond donors (Lipinski definition) is 1. The van der Waals surface area contributed by atoms with Crippen LogP contribution in [0.2, 0.25) is 0 Å². The summed E-state index contributed by atoms with van der Waals surface area (Å²) in [7, 11) is 0. The normalized spacial score (nSPS) is 15.0. The molecule has 0 spiro atoms. The zero-order chi connectivity index (χ0) is 18.8. The first-order valence-corrected chi connectivity index (χ1v) is 10.1. The summed E-state index contributed by atoms with van der Waals surface area (Å²) < 4.78 is 7.35. The maximum atomic E-state index is 9.49. The van der Waals surface area contributed by atoms with Crippen molar-refractivity contribution in [3.05, 3.63) is 40.5 Å². The fraction of sp³-hybridized carbons (Fsp3) is 0.381. The van der Waals surface area contributed by atoms with Crippen LogP contribution in [0.3, 0.4) is 0 Å². The fourth-order valence-corrected chi connectivity index (χ4v) is 4.67. The number of ether oxygens (including phenoxy) is 1. The Balaban J connectivity index is 1.87. The van der Waals surface area contributed by atoms with Crippen molar-refractivity contribution in [1.82, 2.24) is 9.97 Å². The van der Waals surface area contributed by atoms with Crippen LogP contribution in [0.15, 0.2) is 24.5 Å². The minimum atomic E-state index is -0.0246. The van der Waals surface area contributed by atoms with Crippen LogP contribution in [0.4, 0.5) is 0 Å². The Morgan fingerprint density at radius 3 is 2.78 bits per heavy atom. The topological polar surface area (TPSA) is 79.0 Å². The highest BCUT2D eigenvalue weighted by atomic mass is 32.1. The molecule has 0 atom stereocenters. The lowest BCUT2D eigenvalue weighted by molar-refractivity contribution is 0.154. The van der Waals surface area contributed by atoms with Gasteiger partial charge in [0, 0.05) is 10.4 Å². The third-order valence-electron chi connectivity index (χ3n) is 5.01. The van der Waals surface area contributed by atoms with E-state index >= 15 is 0 Å². The number of aromatic nitrogens is 2. The summed E-state index contributed by atoms with van der Waals surface area (Å²) >= 11 is 1.48. The van der Waals surface area contributed by atoms with Crippen molar-refractivity contribution in [3.8, 4) is 23.1 Å². The molecule has 0 aliphatic heterocycles. The Morgan fingerprint density at radius 1 is 1.22 bits per heavy atom. The fourth-order valence-electron chi connectivity index (χ4n) is 3.69. The van der Waals surface area contributed by atoms with Gasteiger partial charge in [0.05, 0.1) is 40.3 Å². The van der Waals surface area contributed by atoms with Gasteiger partial charge in [-0.2, -0.15) is 5.26 Å². The van der Waals surface area contributed by atoms with E-state index in [0.29, 0.717) is 5.56 Å². The van der Waals surface area contributed by atoms with Gasteiger partial charge >= 0.3 is 0 Å². The monoisotopic (exact) mass is 379 g/mol. The van der Waals surface area contributed by atoms with Gasteiger partial charge in [0.2, 0.25) is 0 Å². The van der Waals surface area contributed by atoms with Gasteiger partial charge in [0.1, 0.15) is 12.1 Å². The summed E-state index contributed by atoms with van der Waals surface area (Å²) in [4.78, 5) is 9.69. The number of aryl methyl sites for hydroxylation is 1. The smallest absolute Gasteiger partial charge is 0.132 e. The average molecular weight is 379 g/mol. The first-order valence-electron chi connectivity index (χ1n) is 9.25. The maximum absolute atomic E-state index is 9.49. The van der Waals surface area contributed by atoms with Gasteiger partial charge in [-0.1, -0.05) is 6.42 Å². The highest BCUT2D eigenvalue weighted by Gasteiger charge is 2.21. The lowest BCUT2D eigenvalue weighted by Crippen LogP contribution is -2.20. The quantitative estimate of drug-likeness (QED) is 0.708. The molecule has 1 aliphatic carbocycles. The van der Waals surface area contributed by atoms with Gasteiger partial charge in [-0.25, -0.2) is 9.97 Å². The number of aliphatic hydroxyl groups excluding tert-OH is 1. The molecule has 0 unspecified atom stereocenters. The number of rotatable bonds is 4. The van der Waals surface area contributed by atoms with E-state index in [2.05, 4.69) is 16.0 Å². The molecule has 5 nitrogen and oxygen atoms in total. The van der Waals surface area contributed by atoms with E-state index in [1.807, 2.05) is 25.1 Å². The van der Waals surface area contributed by atoms with Crippen LogP contribution in [0.1, 0.15) is 48.1 Å². The molecule has 2 heterocycles. The molecule has 0 bridgehead atoms. The number of benzene rings is 1. The van der Waals surface area contributed by atoms with Gasteiger partial charge in [-0.05, 0) is 56.4 Å². The van der Waals surface area contributed by atoms with E-state index < -0.39 is 0 Å². The minimum Gasteiger partial charge on any atom is -0.489 e. The standard InChI is InChI=1S/C21H21N3O2S/c1-13-7-14(10-22)8-17(20(13)26-15-5-3-2-4-6-15)19-21-18(23-12-24-19)9-16(11-25)27-21/h7-9,12,15,25H,2-6,11H2,1H3. The lowest BCUT2D eigenvalue weighted by atomic mass is 9.97. The summed E-state index contributed by atoms with van der Waals surface area (Å²) in [5.41, 5.74) is 3.92. The van der Waals surface area contributed by atoms with Gasteiger partial charge in [0.15, 0.2) is 0 Å². The molecule has 1 aliphatic rings. The van der Waals surface area contributed by atoms with Crippen LogP contribution in [0, 0.1) is 18.3 Å². The van der Waals surface area contributed by atoms with Gasteiger partial charge < -0.3 is 9.84 Å². The molecule has 3 aromatic rings. The first kappa shape index (κ1) is 17.9. The van der Waals surface area contributed by atoms with Crippen molar-refractivity contribution in [2.45, 2.75) is 51.7 Å². The Bertz CT molecular complexity index is 1020. The highest BCUT2D eigenvalue weighted by molar-refractivity contribution is 7.19. The Kier molecular flexibility index (Phi) is 5.06. The molecule has 1 aromatic carbocycles. The van der Waals surface area contributed by atoms with Crippen LogP contribution >= 0.6 is 11.3 Å².